The third kappa shape index (κ3) is 3.86. The van der Waals surface area contributed by atoms with Gasteiger partial charge in [-0.25, -0.2) is 9.67 Å². The van der Waals surface area contributed by atoms with E-state index < -0.39 is 0 Å². The van der Waals surface area contributed by atoms with Crippen molar-refractivity contribution in [3.8, 4) is 22.8 Å². The SMILES string of the molecule is COc1ccc(C)cc1-n1ccc(C(=O)Nc2cccc(-c3n[nH]c(C)n3)c2)n1. The summed E-state index contributed by atoms with van der Waals surface area (Å²) in [5, 5.41) is 14.2. The molecule has 0 unspecified atom stereocenters. The number of carbonyl (C=O) groups is 1. The molecule has 2 heterocycles. The molecule has 146 valence electrons. The lowest BCUT2D eigenvalue weighted by Crippen LogP contribution is -2.13. The zero-order valence-electron chi connectivity index (χ0n) is 16.3. The van der Waals surface area contributed by atoms with Gasteiger partial charge in [0, 0.05) is 17.4 Å². The van der Waals surface area contributed by atoms with Crippen LogP contribution in [0.2, 0.25) is 0 Å². The van der Waals surface area contributed by atoms with Gasteiger partial charge in [0.2, 0.25) is 0 Å². The summed E-state index contributed by atoms with van der Waals surface area (Å²) in [5.41, 5.74) is 3.59. The fraction of sp³-hybridized carbons (Fsp3) is 0.143. The molecule has 0 aliphatic rings. The first-order valence-electron chi connectivity index (χ1n) is 9.05. The second kappa shape index (κ2) is 7.59. The standard InChI is InChI=1S/C21H20N6O2/c1-13-7-8-19(29-3)18(11-13)27-10-9-17(26-27)21(28)23-16-6-4-5-15(12-16)20-22-14(2)24-25-20/h4-12H,1-3H3,(H,23,28)(H,22,24,25). The fourth-order valence-electron chi connectivity index (χ4n) is 2.96. The van der Waals surface area contributed by atoms with Crippen LogP contribution in [0.25, 0.3) is 17.1 Å². The van der Waals surface area contributed by atoms with Crippen LogP contribution >= 0.6 is 0 Å². The number of aryl methyl sites for hydroxylation is 2. The van der Waals surface area contributed by atoms with Crippen molar-refractivity contribution in [3.63, 3.8) is 0 Å². The number of nitrogens with zero attached hydrogens (tertiary/aromatic N) is 4. The fourth-order valence-corrected chi connectivity index (χ4v) is 2.96. The van der Waals surface area contributed by atoms with Crippen LogP contribution in [-0.2, 0) is 0 Å². The van der Waals surface area contributed by atoms with Crippen molar-refractivity contribution in [3.05, 3.63) is 71.8 Å². The van der Waals surface area contributed by atoms with E-state index in [1.807, 2.05) is 56.3 Å². The molecule has 0 saturated heterocycles. The Morgan fingerprint density at radius 3 is 2.76 bits per heavy atom. The number of methoxy groups -OCH3 is 1. The first kappa shape index (κ1) is 18.4. The van der Waals surface area contributed by atoms with E-state index in [4.69, 9.17) is 4.74 Å². The lowest BCUT2D eigenvalue weighted by Gasteiger charge is -2.09. The van der Waals surface area contributed by atoms with Gasteiger partial charge in [-0.05, 0) is 49.7 Å². The number of rotatable bonds is 5. The number of hydrogen-bond donors (Lipinski definition) is 2. The Morgan fingerprint density at radius 2 is 2.00 bits per heavy atom. The number of ether oxygens (including phenoxy) is 1. The smallest absolute Gasteiger partial charge is 0.276 e. The number of anilines is 1. The van der Waals surface area contributed by atoms with Crippen LogP contribution in [0.4, 0.5) is 5.69 Å². The normalized spacial score (nSPS) is 10.7. The zero-order valence-corrected chi connectivity index (χ0v) is 16.3. The van der Waals surface area contributed by atoms with Gasteiger partial charge in [0.15, 0.2) is 11.5 Å². The van der Waals surface area contributed by atoms with Gasteiger partial charge in [-0.3, -0.25) is 9.89 Å². The number of H-pyrrole nitrogens is 1. The second-order valence-corrected chi connectivity index (χ2v) is 6.60. The van der Waals surface area contributed by atoms with Crippen LogP contribution < -0.4 is 10.1 Å². The van der Waals surface area contributed by atoms with Crippen LogP contribution in [0.15, 0.2) is 54.7 Å². The minimum absolute atomic E-state index is 0.299. The number of hydrogen-bond acceptors (Lipinski definition) is 5. The first-order chi connectivity index (χ1) is 14.0. The summed E-state index contributed by atoms with van der Waals surface area (Å²) in [7, 11) is 1.61. The maximum atomic E-state index is 12.7. The highest BCUT2D eigenvalue weighted by atomic mass is 16.5. The number of carbonyl (C=O) groups excluding carboxylic acids is 1. The molecule has 0 aliphatic heterocycles. The van der Waals surface area contributed by atoms with Crippen LogP contribution in [0.5, 0.6) is 5.75 Å². The van der Waals surface area contributed by atoms with E-state index in [0.29, 0.717) is 23.0 Å². The number of aromatic nitrogens is 5. The highest BCUT2D eigenvalue weighted by molar-refractivity contribution is 6.03. The average Bonchev–Trinajstić information content (AvgIpc) is 3.37. The van der Waals surface area contributed by atoms with Crippen molar-refractivity contribution in [1.29, 1.82) is 0 Å². The number of aromatic amines is 1. The van der Waals surface area contributed by atoms with Gasteiger partial charge in [0.05, 0.1) is 7.11 Å². The van der Waals surface area contributed by atoms with Gasteiger partial charge in [0.1, 0.15) is 17.3 Å². The molecular weight excluding hydrogens is 368 g/mol. The number of nitrogens with one attached hydrogen (secondary N) is 2. The van der Waals surface area contributed by atoms with Crippen LogP contribution in [0, 0.1) is 13.8 Å². The highest BCUT2D eigenvalue weighted by Crippen LogP contribution is 2.24. The zero-order chi connectivity index (χ0) is 20.4. The molecule has 8 heteroatoms. The second-order valence-electron chi connectivity index (χ2n) is 6.60. The molecule has 4 aromatic rings. The minimum atomic E-state index is -0.307. The van der Waals surface area contributed by atoms with Gasteiger partial charge in [0.25, 0.3) is 5.91 Å². The molecular formula is C21H20N6O2. The Bertz CT molecular complexity index is 1180. The highest BCUT2D eigenvalue weighted by Gasteiger charge is 2.14. The van der Waals surface area contributed by atoms with Crippen LogP contribution in [0.3, 0.4) is 0 Å². The Morgan fingerprint density at radius 1 is 1.14 bits per heavy atom. The molecule has 2 N–H and O–H groups in total. The molecule has 0 radical (unpaired) electrons. The molecule has 0 aliphatic carbocycles. The molecule has 29 heavy (non-hydrogen) atoms. The quantitative estimate of drug-likeness (QED) is 0.545. The molecule has 2 aromatic carbocycles. The molecule has 4 rings (SSSR count). The van der Waals surface area contributed by atoms with Crippen LogP contribution in [-0.4, -0.2) is 38.0 Å². The third-order valence-corrected chi connectivity index (χ3v) is 4.38. The molecule has 8 nitrogen and oxygen atoms in total. The number of benzene rings is 2. The van der Waals surface area contributed by atoms with Crippen molar-refractivity contribution in [2.24, 2.45) is 0 Å². The van der Waals surface area contributed by atoms with E-state index in [1.54, 1.807) is 24.1 Å². The lowest BCUT2D eigenvalue weighted by molar-refractivity contribution is 0.102. The van der Waals surface area contributed by atoms with Crippen LogP contribution in [0.1, 0.15) is 21.9 Å². The monoisotopic (exact) mass is 388 g/mol. The summed E-state index contributed by atoms with van der Waals surface area (Å²) in [6, 6.07) is 14.8. The molecule has 0 saturated carbocycles. The van der Waals surface area contributed by atoms with Crippen molar-refractivity contribution >= 4 is 11.6 Å². The van der Waals surface area contributed by atoms with E-state index >= 15 is 0 Å². The van der Waals surface area contributed by atoms with E-state index in [2.05, 4.69) is 25.6 Å². The Kier molecular flexibility index (Phi) is 4.82. The Labute approximate surface area is 167 Å². The third-order valence-electron chi connectivity index (χ3n) is 4.38. The maximum absolute atomic E-state index is 12.7. The van der Waals surface area contributed by atoms with Crippen molar-refractivity contribution in [2.45, 2.75) is 13.8 Å². The Hall–Kier alpha value is -3.94. The average molecular weight is 388 g/mol. The molecule has 2 aromatic heterocycles. The van der Waals surface area contributed by atoms with Crippen molar-refractivity contribution in [1.82, 2.24) is 25.0 Å². The van der Waals surface area contributed by atoms with E-state index in [9.17, 15) is 4.79 Å². The topological polar surface area (TPSA) is 97.7 Å². The summed E-state index contributed by atoms with van der Waals surface area (Å²) in [4.78, 5) is 17.0. The van der Waals surface area contributed by atoms with Gasteiger partial charge in [-0.2, -0.15) is 10.2 Å². The van der Waals surface area contributed by atoms with E-state index in [1.165, 1.54) is 0 Å². The summed E-state index contributed by atoms with van der Waals surface area (Å²) >= 11 is 0. The summed E-state index contributed by atoms with van der Waals surface area (Å²) in [6.45, 7) is 3.82. The number of amides is 1. The predicted molar refractivity (Wildman–Crippen MR) is 109 cm³/mol. The van der Waals surface area contributed by atoms with Crippen molar-refractivity contribution in [2.75, 3.05) is 12.4 Å². The molecule has 1 amide bonds. The first-order valence-corrected chi connectivity index (χ1v) is 9.05. The largest absolute Gasteiger partial charge is 0.494 e. The lowest BCUT2D eigenvalue weighted by atomic mass is 10.2. The predicted octanol–water partition coefficient (Wildman–Crippen LogP) is 3.54. The van der Waals surface area contributed by atoms with E-state index in [0.717, 1.165) is 22.6 Å². The van der Waals surface area contributed by atoms with E-state index in [-0.39, 0.29) is 5.91 Å². The summed E-state index contributed by atoms with van der Waals surface area (Å²) in [5.74, 6) is 1.68. The minimum Gasteiger partial charge on any atom is -0.494 e. The summed E-state index contributed by atoms with van der Waals surface area (Å²) in [6.07, 6.45) is 1.74. The van der Waals surface area contributed by atoms with Gasteiger partial charge < -0.3 is 10.1 Å². The van der Waals surface area contributed by atoms with Gasteiger partial charge >= 0.3 is 0 Å². The summed E-state index contributed by atoms with van der Waals surface area (Å²) < 4.78 is 7.03. The molecule has 0 bridgehead atoms. The van der Waals surface area contributed by atoms with Gasteiger partial charge in [-0.1, -0.05) is 18.2 Å². The molecule has 0 spiro atoms. The maximum Gasteiger partial charge on any atom is 0.276 e. The van der Waals surface area contributed by atoms with Crippen molar-refractivity contribution < 1.29 is 9.53 Å². The Balaban J connectivity index is 1.56. The molecule has 0 atom stereocenters. The van der Waals surface area contributed by atoms with Gasteiger partial charge in [-0.15, -0.1) is 0 Å². The molecule has 0 fully saturated rings.